The fraction of sp³-hybridized carbons (Fsp3) is 1.00. The maximum atomic E-state index is 2.36. The fourth-order valence-electron chi connectivity index (χ4n) is 1.57. The lowest BCUT2D eigenvalue weighted by atomic mass is 9.39. The van der Waals surface area contributed by atoms with Crippen molar-refractivity contribution in [1.29, 1.82) is 0 Å². The highest BCUT2D eigenvalue weighted by Crippen LogP contribution is 2.40. The summed E-state index contributed by atoms with van der Waals surface area (Å²) in [6.45, 7) is 16.3. The molecule has 0 fully saturated rings. The summed E-state index contributed by atoms with van der Waals surface area (Å²) in [5, 5.41) is 0.950. The number of rotatable bonds is 2. The molecule has 0 nitrogen and oxygen atoms in total. The molecule has 0 aliphatic heterocycles. The second kappa shape index (κ2) is 3.20. The summed E-state index contributed by atoms with van der Waals surface area (Å²) in [5.74, 6) is 0.779. The van der Waals surface area contributed by atoms with Gasteiger partial charge < -0.3 is 0 Å². The van der Waals surface area contributed by atoms with Crippen molar-refractivity contribution < 1.29 is 0 Å². The molecular formula is C10H23B. The van der Waals surface area contributed by atoms with E-state index in [1.807, 2.05) is 0 Å². The van der Waals surface area contributed by atoms with Gasteiger partial charge in [-0.2, -0.15) is 0 Å². The average molecular weight is 154 g/mol. The van der Waals surface area contributed by atoms with Gasteiger partial charge in [0.1, 0.15) is 7.28 Å². The molecule has 0 aromatic carbocycles. The van der Waals surface area contributed by atoms with Gasteiger partial charge in [-0.25, -0.2) is 0 Å². The van der Waals surface area contributed by atoms with Crippen molar-refractivity contribution in [3.8, 4) is 0 Å². The highest BCUT2D eigenvalue weighted by molar-refractivity contribution is 6.43. The van der Waals surface area contributed by atoms with Gasteiger partial charge in [0.15, 0.2) is 0 Å². The van der Waals surface area contributed by atoms with E-state index in [9.17, 15) is 0 Å². The van der Waals surface area contributed by atoms with Gasteiger partial charge in [0.2, 0.25) is 0 Å². The van der Waals surface area contributed by atoms with Gasteiger partial charge in [0.05, 0.1) is 0 Å². The predicted octanol–water partition coefficient (Wildman–Crippen LogP) is 3.50. The second-order valence-electron chi connectivity index (χ2n) is 5.88. The lowest BCUT2D eigenvalue weighted by molar-refractivity contribution is 0.460. The molecule has 0 bridgehead atoms. The molecule has 0 atom stereocenters. The quantitative estimate of drug-likeness (QED) is 0.534. The van der Waals surface area contributed by atoms with Crippen molar-refractivity contribution in [3.05, 3.63) is 0 Å². The molecule has 0 aromatic heterocycles. The zero-order chi connectivity index (χ0) is 9.28. The Hall–Kier alpha value is 0.0649. The molecule has 0 aliphatic rings. The third-order valence-electron chi connectivity index (χ3n) is 2.55. The van der Waals surface area contributed by atoms with Gasteiger partial charge >= 0.3 is 0 Å². The van der Waals surface area contributed by atoms with Crippen LogP contribution in [0.3, 0.4) is 0 Å². The lowest BCUT2D eigenvalue weighted by Gasteiger charge is -2.34. The number of hydrogen-bond acceptors (Lipinski definition) is 0. The van der Waals surface area contributed by atoms with Crippen molar-refractivity contribution in [2.24, 2.45) is 5.92 Å². The molecule has 1 heteroatoms. The first kappa shape index (κ1) is 11.1. The fourth-order valence-corrected chi connectivity index (χ4v) is 1.57. The molecule has 0 saturated carbocycles. The molecule has 66 valence electrons. The Morgan fingerprint density at radius 3 is 1.36 bits per heavy atom. The van der Waals surface area contributed by atoms with Gasteiger partial charge in [-0.15, -0.1) is 0 Å². The van der Waals surface area contributed by atoms with Crippen LogP contribution in [0.25, 0.3) is 0 Å². The van der Waals surface area contributed by atoms with E-state index in [0.717, 1.165) is 5.92 Å². The zero-order valence-corrected chi connectivity index (χ0v) is 9.28. The van der Waals surface area contributed by atoms with E-state index in [0.29, 0.717) is 10.6 Å². The van der Waals surface area contributed by atoms with Gasteiger partial charge in [-0.05, 0) is 5.92 Å². The highest BCUT2D eigenvalue weighted by atomic mass is 14.2. The molecule has 11 heavy (non-hydrogen) atoms. The van der Waals surface area contributed by atoms with E-state index in [1.165, 1.54) is 7.28 Å². The van der Waals surface area contributed by atoms with Crippen LogP contribution in [0, 0.1) is 5.92 Å². The first-order valence-corrected chi connectivity index (χ1v) is 4.65. The van der Waals surface area contributed by atoms with Crippen LogP contribution in [0.4, 0.5) is 0 Å². The van der Waals surface area contributed by atoms with Gasteiger partial charge in [0.25, 0.3) is 0 Å². The SMILES string of the molecule is CC(C)C(C)(C)BC(C)(C)C. The van der Waals surface area contributed by atoms with Crippen LogP contribution in [-0.4, -0.2) is 7.28 Å². The Morgan fingerprint density at radius 1 is 0.909 bits per heavy atom. The minimum absolute atomic E-state index is 0.466. The van der Waals surface area contributed by atoms with Crippen LogP contribution in [0.5, 0.6) is 0 Å². The van der Waals surface area contributed by atoms with E-state index < -0.39 is 0 Å². The van der Waals surface area contributed by atoms with Crippen molar-refractivity contribution in [2.75, 3.05) is 0 Å². The van der Waals surface area contributed by atoms with Crippen LogP contribution in [0.1, 0.15) is 48.5 Å². The monoisotopic (exact) mass is 154 g/mol. The van der Waals surface area contributed by atoms with E-state index in [2.05, 4.69) is 48.5 Å². The molecule has 0 amide bonds. The molecule has 0 unspecified atom stereocenters. The summed E-state index contributed by atoms with van der Waals surface area (Å²) in [6, 6.07) is 0. The molecule has 0 radical (unpaired) electrons. The molecule has 0 N–H and O–H groups in total. The summed E-state index contributed by atoms with van der Waals surface area (Å²) < 4.78 is 0. The van der Waals surface area contributed by atoms with Crippen LogP contribution in [0.2, 0.25) is 10.6 Å². The second-order valence-corrected chi connectivity index (χ2v) is 5.88. The van der Waals surface area contributed by atoms with Crippen molar-refractivity contribution >= 4 is 7.28 Å². The zero-order valence-electron chi connectivity index (χ0n) is 9.28. The Bertz CT molecular complexity index is 117. The molecule has 0 aromatic rings. The normalized spacial score (nSPS) is 13.8. The van der Waals surface area contributed by atoms with Crippen molar-refractivity contribution in [1.82, 2.24) is 0 Å². The topological polar surface area (TPSA) is 0 Å². The highest BCUT2D eigenvalue weighted by Gasteiger charge is 2.29. The van der Waals surface area contributed by atoms with Crippen molar-refractivity contribution in [2.45, 2.75) is 59.1 Å². The van der Waals surface area contributed by atoms with Crippen LogP contribution in [0.15, 0.2) is 0 Å². The minimum Gasteiger partial charge on any atom is -0.0671 e. The predicted molar refractivity (Wildman–Crippen MR) is 55.7 cm³/mol. The number of hydrogen-bond donors (Lipinski definition) is 0. The summed E-state index contributed by atoms with van der Waals surface area (Å²) in [5.41, 5.74) is 0. The van der Waals surface area contributed by atoms with Gasteiger partial charge in [-0.1, -0.05) is 59.1 Å². The average Bonchev–Trinajstić information content (AvgIpc) is 1.56. The molecule has 0 spiro atoms. The maximum absolute atomic E-state index is 2.36. The third kappa shape index (κ3) is 4.50. The Labute approximate surface area is 73.0 Å². The molecule has 0 rings (SSSR count). The molecular weight excluding hydrogens is 131 g/mol. The first-order valence-electron chi connectivity index (χ1n) is 4.65. The van der Waals surface area contributed by atoms with Crippen LogP contribution in [-0.2, 0) is 0 Å². The Balaban J connectivity index is 4.13. The standard InChI is InChI=1S/C10H23B/c1-8(2)10(6,7)11-9(3,4)5/h8,11H,1-7H3. The van der Waals surface area contributed by atoms with E-state index >= 15 is 0 Å². The minimum atomic E-state index is 0.466. The molecule has 0 aliphatic carbocycles. The summed E-state index contributed by atoms with van der Waals surface area (Å²) in [6.07, 6.45) is 0. The smallest absolute Gasteiger partial charge is 0.0671 e. The Morgan fingerprint density at radius 2 is 1.27 bits per heavy atom. The largest absolute Gasteiger partial charge is 0.133 e. The van der Waals surface area contributed by atoms with E-state index in [4.69, 9.17) is 0 Å². The summed E-state index contributed by atoms with van der Waals surface area (Å²) in [7, 11) is 1.30. The summed E-state index contributed by atoms with van der Waals surface area (Å²) in [4.78, 5) is 0. The van der Waals surface area contributed by atoms with Crippen molar-refractivity contribution in [3.63, 3.8) is 0 Å². The van der Waals surface area contributed by atoms with Gasteiger partial charge in [-0.3, -0.25) is 0 Å². The van der Waals surface area contributed by atoms with Crippen LogP contribution >= 0.6 is 0 Å². The van der Waals surface area contributed by atoms with E-state index in [1.54, 1.807) is 0 Å². The molecule has 0 saturated heterocycles. The third-order valence-corrected chi connectivity index (χ3v) is 2.55. The lowest BCUT2D eigenvalue weighted by Crippen LogP contribution is -2.26. The maximum Gasteiger partial charge on any atom is 0.133 e. The first-order chi connectivity index (χ1) is 4.65. The van der Waals surface area contributed by atoms with Gasteiger partial charge in [0, 0.05) is 0 Å². The summed E-state index contributed by atoms with van der Waals surface area (Å²) >= 11 is 0. The van der Waals surface area contributed by atoms with Crippen LogP contribution < -0.4 is 0 Å². The Kier molecular flexibility index (Phi) is 3.22. The van der Waals surface area contributed by atoms with E-state index in [-0.39, 0.29) is 0 Å². The molecule has 0 heterocycles.